The SMILES string of the molecule is CCCC(C)(O)CNC(=O)c1cc(CC(C)C)[nH]n1. The van der Waals surface area contributed by atoms with Gasteiger partial charge in [0.2, 0.25) is 0 Å². The number of hydrogen-bond donors (Lipinski definition) is 3. The minimum atomic E-state index is -0.860. The van der Waals surface area contributed by atoms with Crippen LogP contribution in [0.1, 0.15) is 56.7 Å². The van der Waals surface area contributed by atoms with Crippen LogP contribution in [-0.2, 0) is 6.42 Å². The maximum absolute atomic E-state index is 11.9. The molecule has 0 radical (unpaired) electrons. The highest BCUT2D eigenvalue weighted by Crippen LogP contribution is 2.11. The molecule has 108 valence electrons. The summed E-state index contributed by atoms with van der Waals surface area (Å²) in [5.74, 6) is 0.268. The Morgan fingerprint density at radius 2 is 2.26 bits per heavy atom. The topological polar surface area (TPSA) is 78.0 Å². The van der Waals surface area contributed by atoms with E-state index >= 15 is 0 Å². The predicted octanol–water partition coefficient (Wildman–Crippen LogP) is 1.89. The van der Waals surface area contributed by atoms with E-state index < -0.39 is 5.60 Å². The van der Waals surface area contributed by atoms with Gasteiger partial charge >= 0.3 is 0 Å². The Kier molecular flexibility index (Phi) is 5.54. The van der Waals surface area contributed by atoms with Crippen LogP contribution in [0.25, 0.3) is 0 Å². The number of aliphatic hydroxyl groups is 1. The minimum absolute atomic E-state index is 0.242. The molecule has 1 aromatic rings. The van der Waals surface area contributed by atoms with Crippen molar-refractivity contribution >= 4 is 5.91 Å². The van der Waals surface area contributed by atoms with E-state index in [1.165, 1.54) is 0 Å². The zero-order chi connectivity index (χ0) is 14.5. The molecule has 1 aromatic heterocycles. The summed E-state index contributed by atoms with van der Waals surface area (Å²) in [6, 6.07) is 1.77. The standard InChI is InChI=1S/C14H25N3O2/c1-5-6-14(4,19)9-15-13(18)12-8-11(16-17-12)7-10(2)3/h8,10,19H,5-7,9H2,1-4H3,(H,15,18)(H,16,17). The summed E-state index contributed by atoms with van der Waals surface area (Å²) in [7, 11) is 0. The van der Waals surface area contributed by atoms with Crippen molar-refractivity contribution in [2.75, 3.05) is 6.54 Å². The second-order valence-electron chi connectivity index (χ2n) is 5.81. The molecule has 1 atom stereocenters. The van der Waals surface area contributed by atoms with E-state index in [9.17, 15) is 9.90 Å². The zero-order valence-electron chi connectivity index (χ0n) is 12.3. The van der Waals surface area contributed by atoms with Crippen molar-refractivity contribution in [2.45, 2.75) is 52.6 Å². The van der Waals surface area contributed by atoms with Gasteiger partial charge in [-0.3, -0.25) is 9.89 Å². The van der Waals surface area contributed by atoms with E-state index in [-0.39, 0.29) is 12.5 Å². The van der Waals surface area contributed by atoms with E-state index in [1.807, 2.05) is 6.92 Å². The van der Waals surface area contributed by atoms with Crippen molar-refractivity contribution in [3.63, 3.8) is 0 Å². The molecular weight excluding hydrogens is 242 g/mol. The zero-order valence-corrected chi connectivity index (χ0v) is 12.3. The Labute approximate surface area is 114 Å². The molecule has 1 amide bonds. The molecule has 0 aliphatic carbocycles. The fourth-order valence-corrected chi connectivity index (χ4v) is 2.01. The molecule has 3 N–H and O–H groups in total. The molecule has 19 heavy (non-hydrogen) atoms. The fourth-order valence-electron chi connectivity index (χ4n) is 2.01. The first-order valence-electron chi connectivity index (χ1n) is 6.89. The molecule has 1 rings (SSSR count). The predicted molar refractivity (Wildman–Crippen MR) is 75.0 cm³/mol. The number of aromatic amines is 1. The van der Waals surface area contributed by atoms with E-state index in [0.29, 0.717) is 18.0 Å². The van der Waals surface area contributed by atoms with Crippen molar-refractivity contribution in [3.05, 3.63) is 17.5 Å². The number of nitrogens with zero attached hydrogens (tertiary/aromatic N) is 1. The monoisotopic (exact) mass is 267 g/mol. The second-order valence-corrected chi connectivity index (χ2v) is 5.81. The van der Waals surface area contributed by atoms with Gasteiger partial charge in [-0.2, -0.15) is 5.10 Å². The van der Waals surface area contributed by atoms with Crippen LogP contribution in [0.3, 0.4) is 0 Å². The highest BCUT2D eigenvalue weighted by molar-refractivity contribution is 5.92. The van der Waals surface area contributed by atoms with E-state index in [1.54, 1.807) is 13.0 Å². The van der Waals surface area contributed by atoms with Crippen molar-refractivity contribution in [1.29, 1.82) is 0 Å². The Morgan fingerprint density at radius 1 is 1.58 bits per heavy atom. The molecule has 0 spiro atoms. The van der Waals surface area contributed by atoms with Crippen LogP contribution < -0.4 is 5.32 Å². The smallest absolute Gasteiger partial charge is 0.271 e. The van der Waals surface area contributed by atoms with Crippen LogP contribution in [0.2, 0.25) is 0 Å². The number of carbonyl (C=O) groups excluding carboxylic acids is 1. The molecule has 0 aliphatic rings. The summed E-state index contributed by atoms with van der Waals surface area (Å²) < 4.78 is 0. The molecule has 1 heterocycles. The minimum Gasteiger partial charge on any atom is -0.388 e. The third-order valence-corrected chi connectivity index (χ3v) is 2.91. The third-order valence-electron chi connectivity index (χ3n) is 2.91. The molecule has 5 nitrogen and oxygen atoms in total. The number of carbonyl (C=O) groups is 1. The van der Waals surface area contributed by atoms with Crippen molar-refractivity contribution in [2.24, 2.45) is 5.92 Å². The highest BCUT2D eigenvalue weighted by Gasteiger charge is 2.21. The van der Waals surface area contributed by atoms with Gasteiger partial charge in [0.05, 0.1) is 5.60 Å². The summed E-state index contributed by atoms with van der Waals surface area (Å²) >= 11 is 0. The molecule has 0 saturated carbocycles. The first-order chi connectivity index (χ1) is 8.84. The number of H-pyrrole nitrogens is 1. The molecule has 0 fully saturated rings. The maximum Gasteiger partial charge on any atom is 0.271 e. The number of nitrogens with one attached hydrogen (secondary N) is 2. The van der Waals surface area contributed by atoms with Gasteiger partial charge in [0, 0.05) is 12.2 Å². The molecule has 0 bridgehead atoms. The van der Waals surface area contributed by atoms with Crippen LogP contribution in [0, 0.1) is 5.92 Å². The third kappa shape index (κ3) is 5.42. The lowest BCUT2D eigenvalue weighted by atomic mass is 10.0. The highest BCUT2D eigenvalue weighted by atomic mass is 16.3. The summed E-state index contributed by atoms with van der Waals surface area (Å²) in [5.41, 5.74) is 0.477. The molecular formula is C14H25N3O2. The average molecular weight is 267 g/mol. The lowest BCUT2D eigenvalue weighted by molar-refractivity contribution is 0.0468. The number of aromatic nitrogens is 2. The normalized spacial score (nSPS) is 14.4. The Bertz CT molecular complexity index is 411. The van der Waals surface area contributed by atoms with Gasteiger partial charge in [0.1, 0.15) is 5.69 Å². The van der Waals surface area contributed by atoms with E-state index in [0.717, 1.165) is 18.5 Å². The Morgan fingerprint density at radius 3 is 2.84 bits per heavy atom. The van der Waals surface area contributed by atoms with Crippen molar-refractivity contribution in [1.82, 2.24) is 15.5 Å². The second kappa shape index (κ2) is 6.70. The van der Waals surface area contributed by atoms with Crippen molar-refractivity contribution < 1.29 is 9.90 Å². The summed E-state index contributed by atoms with van der Waals surface area (Å²) in [6.45, 7) is 8.20. The van der Waals surface area contributed by atoms with Gasteiger partial charge < -0.3 is 10.4 Å². The van der Waals surface area contributed by atoms with E-state index in [2.05, 4.69) is 29.4 Å². The average Bonchev–Trinajstić information content (AvgIpc) is 2.73. The Hall–Kier alpha value is -1.36. The molecule has 0 aromatic carbocycles. The van der Waals surface area contributed by atoms with Gasteiger partial charge in [-0.15, -0.1) is 0 Å². The first-order valence-corrected chi connectivity index (χ1v) is 6.89. The van der Waals surface area contributed by atoms with Crippen LogP contribution in [-0.4, -0.2) is 33.4 Å². The first kappa shape index (κ1) is 15.7. The summed E-state index contributed by atoms with van der Waals surface area (Å²) in [6.07, 6.45) is 2.41. The van der Waals surface area contributed by atoms with Gasteiger partial charge in [-0.05, 0) is 31.7 Å². The fraction of sp³-hybridized carbons (Fsp3) is 0.714. The molecule has 0 saturated heterocycles. The van der Waals surface area contributed by atoms with Crippen LogP contribution in [0.5, 0.6) is 0 Å². The van der Waals surface area contributed by atoms with Crippen LogP contribution in [0.4, 0.5) is 0 Å². The summed E-state index contributed by atoms with van der Waals surface area (Å²) in [5, 5.41) is 19.6. The molecule has 1 unspecified atom stereocenters. The summed E-state index contributed by atoms with van der Waals surface area (Å²) in [4.78, 5) is 11.9. The lowest BCUT2D eigenvalue weighted by Gasteiger charge is -2.22. The number of amides is 1. The number of hydrogen-bond acceptors (Lipinski definition) is 3. The number of rotatable bonds is 7. The van der Waals surface area contributed by atoms with E-state index in [4.69, 9.17) is 0 Å². The largest absolute Gasteiger partial charge is 0.388 e. The lowest BCUT2D eigenvalue weighted by Crippen LogP contribution is -2.40. The van der Waals surface area contributed by atoms with Gasteiger partial charge in [-0.1, -0.05) is 27.2 Å². The molecule has 5 heteroatoms. The van der Waals surface area contributed by atoms with Gasteiger partial charge in [-0.25, -0.2) is 0 Å². The van der Waals surface area contributed by atoms with Gasteiger partial charge in [0.25, 0.3) is 5.91 Å². The van der Waals surface area contributed by atoms with Crippen LogP contribution in [0.15, 0.2) is 6.07 Å². The molecule has 0 aliphatic heterocycles. The maximum atomic E-state index is 11.9. The van der Waals surface area contributed by atoms with Gasteiger partial charge in [0.15, 0.2) is 0 Å². The van der Waals surface area contributed by atoms with Crippen molar-refractivity contribution in [3.8, 4) is 0 Å². The van der Waals surface area contributed by atoms with Crippen LogP contribution >= 0.6 is 0 Å². The quantitative estimate of drug-likeness (QED) is 0.706. The Balaban J connectivity index is 2.52.